The van der Waals surface area contributed by atoms with Crippen molar-refractivity contribution in [3.63, 3.8) is 0 Å². The van der Waals surface area contributed by atoms with E-state index in [0.29, 0.717) is 23.1 Å². The van der Waals surface area contributed by atoms with Gasteiger partial charge in [-0.15, -0.1) is 22.7 Å². The third-order valence-corrected chi connectivity index (χ3v) is 6.77. The van der Waals surface area contributed by atoms with Crippen molar-refractivity contribution in [3.8, 4) is 10.6 Å². The molecule has 0 aromatic carbocycles. The number of thiazole rings is 1. The van der Waals surface area contributed by atoms with Crippen LogP contribution < -0.4 is 5.32 Å². The molecule has 0 unspecified atom stereocenters. The summed E-state index contributed by atoms with van der Waals surface area (Å²) in [5.41, 5.74) is 3.33. The maximum atomic E-state index is 12.5. The number of anilines is 1. The number of thiophene rings is 2. The van der Waals surface area contributed by atoms with Crippen LogP contribution in [0.4, 0.5) is 5.00 Å². The molecule has 1 aliphatic rings. The molecule has 27 heavy (non-hydrogen) atoms. The summed E-state index contributed by atoms with van der Waals surface area (Å²) < 4.78 is 5.20. The highest BCUT2D eigenvalue weighted by atomic mass is 32.1. The second-order valence-corrected chi connectivity index (χ2v) is 8.79. The number of nitrogens with one attached hydrogen (secondary N) is 1. The van der Waals surface area contributed by atoms with Crippen molar-refractivity contribution < 1.29 is 14.3 Å². The molecule has 1 N–H and O–H groups in total. The smallest absolute Gasteiger partial charge is 0.341 e. The molecule has 8 heteroatoms. The Kier molecular flexibility index (Phi) is 5.38. The lowest BCUT2D eigenvalue weighted by molar-refractivity contribution is -0.115. The van der Waals surface area contributed by atoms with Crippen LogP contribution in [0.5, 0.6) is 0 Å². The molecule has 140 valence electrons. The van der Waals surface area contributed by atoms with Crippen molar-refractivity contribution >= 4 is 50.9 Å². The van der Waals surface area contributed by atoms with Crippen LogP contribution in [0.2, 0.25) is 0 Å². The highest BCUT2D eigenvalue weighted by Crippen LogP contribution is 2.46. The number of hydrogen-bond acceptors (Lipinski definition) is 7. The first-order valence-corrected chi connectivity index (χ1v) is 11.4. The SMILES string of the molecule is CCOC(=O)c1c(C2CC2)csc1NC(=O)Cc1csc(-c2ccsc2)n1. The molecule has 1 aliphatic carbocycles. The van der Waals surface area contributed by atoms with Gasteiger partial charge in [0, 0.05) is 16.3 Å². The summed E-state index contributed by atoms with van der Waals surface area (Å²) >= 11 is 4.54. The lowest BCUT2D eigenvalue weighted by Gasteiger charge is -2.07. The summed E-state index contributed by atoms with van der Waals surface area (Å²) in [6.45, 7) is 2.10. The molecule has 0 radical (unpaired) electrons. The zero-order valence-electron chi connectivity index (χ0n) is 14.7. The van der Waals surface area contributed by atoms with E-state index in [4.69, 9.17) is 4.74 Å². The van der Waals surface area contributed by atoms with Crippen molar-refractivity contribution in [2.75, 3.05) is 11.9 Å². The van der Waals surface area contributed by atoms with Crippen molar-refractivity contribution in [1.29, 1.82) is 0 Å². The van der Waals surface area contributed by atoms with Gasteiger partial charge in [-0.1, -0.05) is 0 Å². The fourth-order valence-electron chi connectivity index (χ4n) is 2.81. The quantitative estimate of drug-likeness (QED) is 0.538. The number of esters is 1. The number of hydrogen-bond donors (Lipinski definition) is 1. The first-order chi connectivity index (χ1) is 13.2. The largest absolute Gasteiger partial charge is 0.462 e. The lowest BCUT2D eigenvalue weighted by atomic mass is 10.1. The minimum Gasteiger partial charge on any atom is -0.462 e. The number of aromatic nitrogens is 1. The number of carbonyl (C=O) groups is 2. The Morgan fingerprint density at radius 2 is 2.11 bits per heavy atom. The zero-order chi connectivity index (χ0) is 18.8. The van der Waals surface area contributed by atoms with Crippen LogP contribution in [0, 0.1) is 0 Å². The van der Waals surface area contributed by atoms with Gasteiger partial charge < -0.3 is 10.1 Å². The van der Waals surface area contributed by atoms with Gasteiger partial charge in [-0.3, -0.25) is 4.79 Å². The maximum Gasteiger partial charge on any atom is 0.341 e. The van der Waals surface area contributed by atoms with Gasteiger partial charge in [-0.25, -0.2) is 9.78 Å². The van der Waals surface area contributed by atoms with Crippen molar-refractivity contribution in [2.45, 2.75) is 32.1 Å². The van der Waals surface area contributed by atoms with Crippen LogP contribution in [0.25, 0.3) is 10.6 Å². The molecule has 3 aromatic rings. The van der Waals surface area contributed by atoms with E-state index < -0.39 is 0 Å². The lowest BCUT2D eigenvalue weighted by Crippen LogP contribution is -2.17. The van der Waals surface area contributed by atoms with Crippen LogP contribution >= 0.6 is 34.0 Å². The number of nitrogens with zero attached hydrogens (tertiary/aromatic N) is 1. The van der Waals surface area contributed by atoms with Crippen LogP contribution in [0.1, 0.15) is 47.3 Å². The van der Waals surface area contributed by atoms with Gasteiger partial charge in [0.1, 0.15) is 10.0 Å². The van der Waals surface area contributed by atoms with Gasteiger partial charge in [0.2, 0.25) is 5.91 Å². The molecule has 5 nitrogen and oxygen atoms in total. The van der Waals surface area contributed by atoms with E-state index in [9.17, 15) is 9.59 Å². The Morgan fingerprint density at radius 3 is 2.81 bits per heavy atom. The second-order valence-electron chi connectivity index (χ2n) is 6.27. The molecule has 0 spiro atoms. The molecule has 1 amide bonds. The van der Waals surface area contributed by atoms with Crippen LogP contribution in [0.15, 0.2) is 27.6 Å². The molecule has 0 saturated heterocycles. The summed E-state index contributed by atoms with van der Waals surface area (Å²) in [5.74, 6) is -0.116. The predicted octanol–water partition coefficient (Wildman–Crippen LogP) is 5.17. The summed E-state index contributed by atoms with van der Waals surface area (Å²) in [6, 6.07) is 2.02. The second kappa shape index (κ2) is 7.92. The molecular formula is C19H18N2O3S3. The first-order valence-electron chi connectivity index (χ1n) is 8.71. The monoisotopic (exact) mass is 418 g/mol. The molecule has 3 heterocycles. The van der Waals surface area contributed by atoms with Crippen LogP contribution in [0.3, 0.4) is 0 Å². The third-order valence-electron chi connectivity index (χ3n) is 4.23. The number of rotatable bonds is 7. The van der Waals surface area contributed by atoms with Gasteiger partial charge in [-0.05, 0) is 48.1 Å². The summed E-state index contributed by atoms with van der Waals surface area (Å²) in [4.78, 5) is 29.4. The Hall–Kier alpha value is -2.03. The fraction of sp³-hybridized carbons (Fsp3) is 0.316. The van der Waals surface area contributed by atoms with Crippen molar-refractivity contribution in [3.05, 3.63) is 44.4 Å². The average molecular weight is 419 g/mol. The van der Waals surface area contributed by atoms with Gasteiger partial charge in [0.25, 0.3) is 0 Å². The Labute approximate surface area is 169 Å². The van der Waals surface area contributed by atoms with E-state index in [-0.39, 0.29) is 18.3 Å². The van der Waals surface area contributed by atoms with E-state index in [1.165, 1.54) is 22.7 Å². The topological polar surface area (TPSA) is 68.3 Å². The minimum atomic E-state index is -0.357. The van der Waals surface area contributed by atoms with Gasteiger partial charge in [0.15, 0.2) is 0 Å². The third kappa shape index (κ3) is 4.12. The Morgan fingerprint density at radius 1 is 1.26 bits per heavy atom. The van der Waals surface area contributed by atoms with E-state index in [1.54, 1.807) is 18.3 Å². The van der Waals surface area contributed by atoms with Crippen LogP contribution in [-0.2, 0) is 16.0 Å². The number of carbonyl (C=O) groups excluding carboxylic acids is 2. The van der Waals surface area contributed by atoms with E-state index in [2.05, 4.69) is 10.3 Å². The molecule has 1 fully saturated rings. The van der Waals surface area contributed by atoms with Crippen LogP contribution in [-0.4, -0.2) is 23.5 Å². The van der Waals surface area contributed by atoms with Gasteiger partial charge in [-0.2, -0.15) is 11.3 Å². The van der Waals surface area contributed by atoms with Crippen molar-refractivity contribution in [1.82, 2.24) is 4.98 Å². The fourth-order valence-corrected chi connectivity index (χ4v) is 5.39. The van der Waals surface area contributed by atoms with Crippen molar-refractivity contribution in [2.24, 2.45) is 0 Å². The maximum absolute atomic E-state index is 12.5. The number of ether oxygens (including phenoxy) is 1. The molecule has 0 bridgehead atoms. The zero-order valence-corrected chi connectivity index (χ0v) is 17.1. The predicted molar refractivity (Wildman–Crippen MR) is 110 cm³/mol. The highest BCUT2D eigenvalue weighted by molar-refractivity contribution is 7.15. The molecule has 1 saturated carbocycles. The normalized spacial score (nSPS) is 13.5. The Bertz CT molecular complexity index is 955. The van der Waals surface area contributed by atoms with E-state index >= 15 is 0 Å². The molecular weight excluding hydrogens is 400 g/mol. The van der Waals surface area contributed by atoms with E-state index in [0.717, 1.165) is 34.7 Å². The molecule has 0 atom stereocenters. The summed E-state index contributed by atoms with van der Waals surface area (Å²) in [7, 11) is 0. The first kappa shape index (κ1) is 18.3. The molecule has 4 rings (SSSR count). The Balaban J connectivity index is 1.47. The molecule has 0 aliphatic heterocycles. The standard InChI is InChI=1S/C19H18N2O3S3/c1-2-24-19(23)16-14(11-3-4-11)10-27-18(16)21-15(22)7-13-9-26-17(20-13)12-5-6-25-8-12/h5-6,8-11H,2-4,7H2,1H3,(H,21,22). The minimum absolute atomic E-state index is 0.174. The van der Waals surface area contributed by atoms with E-state index in [1.807, 2.05) is 27.6 Å². The highest BCUT2D eigenvalue weighted by Gasteiger charge is 2.32. The van der Waals surface area contributed by atoms with Gasteiger partial charge in [0.05, 0.1) is 24.3 Å². The summed E-state index contributed by atoms with van der Waals surface area (Å²) in [5, 5.41) is 12.3. The molecule has 3 aromatic heterocycles. The summed E-state index contributed by atoms with van der Waals surface area (Å²) in [6.07, 6.45) is 2.35. The number of amides is 1. The van der Waals surface area contributed by atoms with Gasteiger partial charge >= 0.3 is 5.97 Å². The average Bonchev–Trinajstić information content (AvgIpc) is 3.04.